The summed E-state index contributed by atoms with van der Waals surface area (Å²) in [7, 11) is 0. The van der Waals surface area contributed by atoms with Crippen molar-refractivity contribution in [3.05, 3.63) is 0 Å². The largest absolute Gasteiger partial charge is 0.395 e. The van der Waals surface area contributed by atoms with Gasteiger partial charge in [0.05, 0.1) is 13.2 Å². The van der Waals surface area contributed by atoms with Crippen LogP contribution in [-0.4, -0.2) is 36.8 Å². The quantitative estimate of drug-likeness (QED) is 0.577. The average molecular weight is 230 g/mol. The zero-order valence-corrected chi connectivity index (χ0v) is 10.9. The molecule has 0 bridgehead atoms. The molecule has 3 N–H and O–H groups in total. The first-order valence-corrected chi connectivity index (χ1v) is 6.08. The van der Waals surface area contributed by atoms with E-state index in [1.807, 2.05) is 13.8 Å². The number of nitrogens with one attached hydrogen (secondary N) is 2. The van der Waals surface area contributed by atoms with Crippen LogP contribution in [0, 0.1) is 11.8 Å². The van der Waals surface area contributed by atoms with E-state index in [1.54, 1.807) is 0 Å². The molecule has 0 aromatic rings. The molecule has 0 saturated carbocycles. The fourth-order valence-corrected chi connectivity index (χ4v) is 1.30. The van der Waals surface area contributed by atoms with Gasteiger partial charge in [-0.3, -0.25) is 4.79 Å². The average Bonchev–Trinajstić information content (AvgIpc) is 2.17. The van der Waals surface area contributed by atoms with Gasteiger partial charge in [0.25, 0.3) is 0 Å². The van der Waals surface area contributed by atoms with Gasteiger partial charge >= 0.3 is 0 Å². The molecular weight excluding hydrogens is 204 g/mol. The third-order valence-corrected chi connectivity index (χ3v) is 2.57. The van der Waals surface area contributed by atoms with Crippen LogP contribution < -0.4 is 10.6 Å². The van der Waals surface area contributed by atoms with E-state index >= 15 is 0 Å². The fourth-order valence-electron chi connectivity index (χ4n) is 1.30. The van der Waals surface area contributed by atoms with Crippen LogP contribution in [0.5, 0.6) is 0 Å². The van der Waals surface area contributed by atoms with Crippen LogP contribution in [0.2, 0.25) is 0 Å². The Morgan fingerprint density at radius 1 is 1.25 bits per heavy atom. The van der Waals surface area contributed by atoms with Crippen molar-refractivity contribution in [2.24, 2.45) is 11.8 Å². The van der Waals surface area contributed by atoms with Crippen molar-refractivity contribution >= 4 is 5.91 Å². The molecule has 0 saturated heterocycles. The Hall–Kier alpha value is -0.610. The molecule has 1 amide bonds. The van der Waals surface area contributed by atoms with Crippen LogP contribution in [0.3, 0.4) is 0 Å². The lowest BCUT2D eigenvalue weighted by molar-refractivity contribution is -0.120. The molecule has 0 radical (unpaired) electrons. The Morgan fingerprint density at radius 2 is 1.88 bits per heavy atom. The SMILES string of the molecule is CC(C)CCNC(=O)CNC(CO)C(C)C. The second-order valence-corrected chi connectivity index (χ2v) is 4.95. The van der Waals surface area contributed by atoms with Crippen LogP contribution in [0.25, 0.3) is 0 Å². The van der Waals surface area contributed by atoms with Gasteiger partial charge in [-0.1, -0.05) is 27.7 Å². The predicted molar refractivity (Wildman–Crippen MR) is 66.2 cm³/mol. The van der Waals surface area contributed by atoms with E-state index in [2.05, 4.69) is 24.5 Å². The summed E-state index contributed by atoms with van der Waals surface area (Å²) in [5.74, 6) is 0.933. The molecule has 0 fully saturated rings. The van der Waals surface area contributed by atoms with Crippen molar-refractivity contribution in [1.82, 2.24) is 10.6 Å². The lowest BCUT2D eigenvalue weighted by Gasteiger charge is -2.19. The van der Waals surface area contributed by atoms with Crippen molar-refractivity contribution in [1.29, 1.82) is 0 Å². The van der Waals surface area contributed by atoms with Gasteiger partial charge in [0, 0.05) is 12.6 Å². The second-order valence-electron chi connectivity index (χ2n) is 4.95. The van der Waals surface area contributed by atoms with Crippen molar-refractivity contribution in [3.63, 3.8) is 0 Å². The number of amides is 1. The van der Waals surface area contributed by atoms with Crippen LogP contribution in [0.15, 0.2) is 0 Å². The molecule has 1 atom stereocenters. The van der Waals surface area contributed by atoms with E-state index in [9.17, 15) is 4.79 Å². The van der Waals surface area contributed by atoms with Gasteiger partial charge in [-0.15, -0.1) is 0 Å². The van der Waals surface area contributed by atoms with Crippen LogP contribution in [0.1, 0.15) is 34.1 Å². The summed E-state index contributed by atoms with van der Waals surface area (Å²) in [6.07, 6.45) is 0.999. The lowest BCUT2D eigenvalue weighted by atomic mass is 10.1. The molecule has 0 aromatic heterocycles. The number of aliphatic hydroxyl groups excluding tert-OH is 1. The first kappa shape index (κ1) is 15.4. The third kappa shape index (κ3) is 7.65. The molecule has 0 heterocycles. The van der Waals surface area contributed by atoms with Gasteiger partial charge in [-0.05, 0) is 18.3 Å². The molecule has 4 nitrogen and oxygen atoms in total. The van der Waals surface area contributed by atoms with E-state index < -0.39 is 0 Å². The molecule has 0 aliphatic heterocycles. The predicted octanol–water partition coefficient (Wildman–Crippen LogP) is 0.755. The molecule has 4 heteroatoms. The van der Waals surface area contributed by atoms with Crippen molar-refractivity contribution in [3.8, 4) is 0 Å². The van der Waals surface area contributed by atoms with Gasteiger partial charge < -0.3 is 15.7 Å². The van der Waals surface area contributed by atoms with Crippen LogP contribution >= 0.6 is 0 Å². The molecule has 96 valence electrons. The van der Waals surface area contributed by atoms with Gasteiger partial charge in [-0.25, -0.2) is 0 Å². The number of rotatable bonds is 8. The van der Waals surface area contributed by atoms with Crippen LogP contribution in [-0.2, 0) is 4.79 Å². The monoisotopic (exact) mass is 230 g/mol. The third-order valence-electron chi connectivity index (χ3n) is 2.57. The molecule has 0 aliphatic rings. The zero-order chi connectivity index (χ0) is 12.6. The molecule has 1 unspecified atom stereocenters. The van der Waals surface area contributed by atoms with E-state index in [1.165, 1.54) is 0 Å². The second kappa shape index (κ2) is 8.53. The minimum atomic E-state index is -0.00384. The van der Waals surface area contributed by atoms with Crippen molar-refractivity contribution in [2.75, 3.05) is 19.7 Å². The number of carbonyl (C=O) groups excluding carboxylic acids is 1. The minimum absolute atomic E-state index is 0.000231. The topological polar surface area (TPSA) is 61.4 Å². The molecule has 16 heavy (non-hydrogen) atoms. The van der Waals surface area contributed by atoms with E-state index in [0.29, 0.717) is 11.8 Å². The summed E-state index contributed by atoms with van der Waals surface area (Å²) in [5, 5.41) is 15.0. The number of aliphatic hydroxyl groups is 1. The summed E-state index contributed by atoms with van der Waals surface area (Å²) < 4.78 is 0. The Bertz CT molecular complexity index is 193. The van der Waals surface area contributed by atoms with Gasteiger partial charge in [0.15, 0.2) is 0 Å². The van der Waals surface area contributed by atoms with E-state index in [4.69, 9.17) is 5.11 Å². The Labute approximate surface area is 98.8 Å². The maximum Gasteiger partial charge on any atom is 0.233 e. The Balaban J connectivity index is 3.63. The standard InChI is InChI=1S/C12H26N2O2/c1-9(2)5-6-13-12(16)7-14-11(8-15)10(3)4/h9-11,14-15H,5-8H2,1-4H3,(H,13,16). The summed E-state index contributed by atoms with van der Waals surface area (Å²) >= 11 is 0. The Morgan fingerprint density at radius 3 is 2.31 bits per heavy atom. The highest BCUT2D eigenvalue weighted by atomic mass is 16.3. The summed E-state index contributed by atoms with van der Waals surface area (Å²) in [6, 6.07) is -0.00384. The first-order chi connectivity index (χ1) is 7.47. The van der Waals surface area contributed by atoms with E-state index in [0.717, 1.165) is 13.0 Å². The lowest BCUT2D eigenvalue weighted by Crippen LogP contribution is -2.43. The minimum Gasteiger partial charge on any atom is -0.395 e. The molecule has 0 spiro atoms. The zero-order valence-electron chi connectivity index (χ0n) is 10.9. The highest BCUT2D eigenvalue weighted by molar-refractivity contribution is 5.77. The Kier molecular flexibility index (Phi) is 8.21. The van der Waals surface area contributed by atoms with Gasteiger partial charge in [-0.2, -0.15) is 0 Å². The molecule has 0 aliphatic carbocycles. The summed E-state index contributed by atoms with van der Waals surface area (Å²) in [5.41, 5.74) is 0. The number of carbonyl (C=O) groups is 1. The number of hydrogen-bond acceptors (Lipinski definition) is 3. The number of hydrogen-bond donors (Lipinski definition) is 3. The maximum atomic E-state index is 11.4. The summed E-state index contributed by atoms with van der Waals surface area (Å²) in [6.45, 7) is 9.37. The van der Waals surface area contributed by atoms with Crippen molar-refractivity contribution < 1.29 is 9.90 Å². The highest BCUT2D eigenvalue weighted by Gasteiger charge is 2.12. The van der Waals surface area contributed by atoms with Crippen LogP contribution in [0.4, 0.5) is 0 Å². The van der Waals surface area contributed by atoms with E-state index in [-0.39, 0.29) is 25.1 Å². The normalized spacial score (nSPS) is 13.2. The molecular formula is C12H26N2O2. The first-order valence-electron chi connectivity index (χ1n) is 6.08. The smallest absolute Gasteiger partial charge is 0.233 e. The van der Waals surface area contributed by atoms with Gasteiger partial charge in [0.2, 0.25) is 5.91 Å². The molecule has 0 rings (SSSR count). The fraction of sp³-hybridized carbons (Fsp3) is 0.917. The summed E-state index contributed by atoms with van der Waals surface area (Å²) in [4.78, 5) is 11.4. The molecule has 0 aromatic carbocycles. The maximum absolute atomic E-state index is 11.4. The van der Waals surface area contributed by atoms with Gasteiger partial charge in [0.1, 0.15) is 0 Å². The van der Waals surface area contributed by atoms with Crippen molar-refractivity contribution in [2.45, 2.75) is 40.2 Å². The highest BCUT2D eigenvalue weighted by Crippen LogP contribution is 1.99.